The lowest BCUT2D eigenvalue weighted by molar-refractivity contribution is -0.137. The van der Waals surface area contributed by atoms with Crippen LogP contribution in [0.2, 0.25) is 0 Å². The number of para-hydroxylation sites is 1. The Morgan fingerprint density at radius 2 is 1.80 bits per heavy atom. The van der Waals surface area contributed by atoms with E-state index in [-0.39, 0.29) is 24.4 Å². The Labute approximate surface area is 203 Å². The van der Waals surface area contributed by atoms with Crippen LogP contribution < -0.4 is 15.1 Å². The first-order valence-corrected chi connectivity index (χ1v) is 12.4. The standard InChI is InChI=1S/C27H29F3N4O/c28-27(29,30)20-10-11-24-19(14-20)15-22(26(35)32-21-7-2-1-3-8-21)25-17-33(12-13-34(24)25)23-9-5-4-6-18(23)16-31/h4-6,9-11,14,21-22,25H,1-3,7-8,12-13,15,17H2,(H,32,35). The summed E-state index contributed by atoms with van der Waals surface area (Å²) in [6.45, 7) is 1.71. The van der Waals surface area contributed by atoms with Crippen LogP contribution in [0.15, 0.2) is 42.5 Å². The van der Waals surface area contributed by atoms with Crippen molar-refractivity contribution < 1.29 is 18.0 Å². The highest BCUT2D eigenvalue weighted by molar-refractivity contribution is 5.83. The highest BCUT2D eigenvalue weighted by atomic mass is 19.4. The van der Waals surface area contributed by atoms with Gasteiger partial charge in [0, 0.05) is 31.4 Å². The van der Waals surface area contributed by atoms with Gasteiger partial charge < -0.3 is 15.1 Å². The topological polar surface area (TPSA) is 59.4 Å². The number of hydrogen-bond acceptors (Lipinski definition) is 4. The molecule has 35 heavy (non-hydrogen) atoms. The zero-order chi connectivity index (χ0) is 24.6. The average Bonchev–Trinajstić information content (AvgIpc) is 2.87. The summed E-state index contributed by atoms with van der Waals surface area (Å²) in [4.78, 5) is 17.8. The molecule has 2 unspecified atom stereocenters. The quantitative estimate of drug-likeness (QED) is 0.677. The molecule has 2 atom stereocenters. The summed E-state index contributed by atoms with van der Waals surface area (Å²) in [5.74, 6) is -0.546. The lowest BCUT2D eigenvalue weighted by Crippen LogP contribution is -2.62. The third-order valence-corrected chi connectivity index (χ3v) is 7.69. The van der Waals surface area contributed by atoms with E-state index in [9.17, 15) is 23.2 Å². The van der Waals surface area contributed by atoms with Gasteiger partial charge in [-0.2, -0.15) is 18.4 Å². The Bertz CT molecular complexity index is 1140. The molecule has 0 spiro atoms. The molecule has 1 aliphatic carbocycles. The molecule has 2 fully saturated rings. The maximum atomic E-state index is 13.5. The van der Waals surface area contributed by atoms with E-state index < -0.39 is 17.7 Å². The molecule has 2 aliphatic heterocycles. The van der Waals surface area contributed by atoms with Crippen molar-refractivity contribution in [3.8, 4) is 6.07 Å². The van der Waals surface area contributed by atoms with Gasteiger partial charge in [0.25, 0.3) is 0 Å². The molecule has 5 rings (SSSR count). The number of carbonyl (C=O) groups excluding carboxylic acids is 1. The summed E-state index contributed by atoms with van der Waals surface area (Å²) >= 11 is 0. The number of nitrogens with one attached hydrogen (secondary N) is 1. The molecule has 3 aliphatic rings. The van der Waals surface area contributed by atoms with Gasteiger partial charge in [-0.05, 0) is 55.2 Å². The fraction of sp³-hybridized carbons (Fsp3) is 0.481. The number of piperazine rings is 1. The number of hydrogen-bond donors (Lipinski definition) is 1. The summed E-state index contributed by atoms with van der Waals surface area (Å²) in [7, 11) is 0. The number of nitrogens with zero attached hydrogens (tertiary/aromatic N) is 3. The van der Waals surface area contributed by atoms with E-state index >= 15 is 0 Å². The van der Waals surface area contributed by atoms with Crippen LogP contribution in [0, 0.1) is 17.2 Å². The summed E-state index contributed by atoms with van der Waals surface area (Å²) in [6, 6.07) is 13.5. The van der Waals surface area contributed by atoms with Crippen molar-refractivity contribution in [3.63, 3.8) is 0 Å². The van der Waals surface area contributed by atoms with Crippen molar-refractivity contribution in [2.45, 2.75) is 56.8 Å². The van der Waals surface area contributed by atoms with Crippen LogP contribution in [0.1, 0.15) is 48.8 Å². The normalized spacial score (nSPS) is 22.7. The van der Waals surface area contributed by atoms with E-state index in [0.29, 0.717) is 30.8 Å². The summed E-state index contributed by atoms with van der Waals surface area (Å²) in [5, 5.41) is 12.8. The van der Waals surface area contributed by atoms with Crippen LogP contribution >= 0.6 is 0 Å². The molecule has 1 saturated heterocycles. The molecule has 2 heterocycles. The van der Waals surface area contributed by atoms with Gasteiger partial charge >= 0.3 is 6.18 Å². The van der Waals surface area contributed by atoms with E-state index in [2.05, 4.69) is 21.2 Å². The maximum absolute atomic E-state index is 13.5. The lowest BCUT2D eigenvalue weighted by atomic mass is 9.82. The van der Waals surface area contributed by atoms with E-state index in [0.717, 1.165) is 43.1 Å². The van der Waals surface area contributed by atoms with Crippen molar-refractivity contribution in [2.75, 3.05) is 29.4 Å². The first-order valence-electron chi connectivity index (χ1n) is 12.4. The first kappa shape index (κ1) is 23.5. The minimum absolute atomic E-state index is 0.0784. The summed E-state index contributed by atoms with van der Waals surface area (Å²) in [6.07, 6.45) is 1.08. The Morgan fingerprint density at radius 3 is 2.54 bits per heavy atom. The number of rotatable bonds is 3. The number of alkyl halides is 3. The second kappa shape index (κ2) is 9.44. The molecule has 1 saturated carbocycles. The molecule has 2 aromatic rings. The number of fused-ring (bicyclic) bond motifs is 3. The monoisotopic (exact) mass is 482 g/mol. The zero-order valence-corrected chi connectivity index (χ0v) is 19.5. The number of halogens is 3. The number of anilines is 2. The Hall–Kier alpha value is -3.21. The second-order valence-corrected chi connectivity index (χ2v) is 9.83. The van der Waals surface area contributed by atoms with Crippen LogP contribution in [0.4, 0.5) is 24.5 Å². The van der Waals surface area contributed by atoms with E-state index in [4.69, 9.17) is 0 Å². The van der Waals surface area contributed by atoms with Crippen LogP contribution in [-0.2, 0) is 17.4 Å². The van der Waals surface area contributed by atoms with Gasteiger partial charge in [0.15, 0.2) is 0 Å². The third kappa shape index (κ3) is 4.69. The van der Waals surface area contributed by atoms with Crippen LogP contribution in [0.3, 0.4) is 0 Å². The number of carbonyl (C=O) groups is 1. The maximum Gasteiger partial charge on any atom is 0.416 e. The van der Waals surface area contributed by atoms with Gasteiger partial charge in [0.1, 0.15) is 6.07 Å². The van der Waals surface area contributed by atoms with Crippen LogP contribution in [0.5, 0.6) is 0 Å². The van der Waals surface area contributed by atoms with Crippen molar-refractivity contribution in [2.24, 2.45) is 5.92 Å². The van der Waals surface area contributed by atoms with Gasteiger partial charge in [-0.1, -0.05) is 31.4 Å². The fourth-order valence-corrected chi connectivity index (χ4v) is 5.92. The van der Waals surface area contributed by atoms with E-state index in [1.165, 1.54) is 12.5 Å². The van der Waals surface area contributed by atoms with Crippen molar-refractivity contribution in [1.82, 2.24) is 5.32 Å². The van der Waals surface area contributed by atoms with Crippen LogP contribution in [-0.4, -0.2) is 37.6 Å². The highest BCUT2D eigenvalue weighted by Crippen LogP contribution is 2.40. The molecule has 8 heteroatoms. The average molecular weight is 483 g/mol. The molecular formula is C27H29F3N4O. The molecule has 0 radical (unpaired) electrons. The first-order chi connectivity index (χ1) is 16.8. The van der Waals surface area contributed by atoms with Crippen LogP contribution in [0.25, 0.3) is 0 Å². The van der Waals surface area contributed by atoms with Gasteiger partial charge in [-0.3, -0.25) is 4.79 Å². The van der Waals surface area contributed by atoms with Gasteiger partial charge in [0.05, 0.1) is 28.8 Å². The highest BCUT2D eigenvalue weighted by Gasteiger charge is 2.43. The summed E-state index contributed by atoms with van der Waals surface area (Å²) < 4.78 is 40.3. The molecular weight excluding hydrogens is 453 g/mol. The fourth-order valence-electron chi connectivity index (χ4n) is 5.92. The Kier molecular flexibility index (Phi) is 6.35. The second-order valence-electron chi connectivity index (χ2n) is 9.83. The minimum Gasteiger partial charge on any atom is -0.367 e. The molecule has 1 amide bonds. The molecule has 0 aromatic heterocycles. The number of benzene rings is 2. The third-order valence-electron chi connectivity index (χ3n) is 7.69. The van der Waals surface area contributed by atoms with Crippen molar-refractivity contribution >= 4 is 17.3 Å². The molecule has 5 nitrogen and oxygen atoms in total. The number of amides is 1. The van der Waals surface area contributed by atoms with Gasteiger partial charge in [-0.25, -0.2) is 0 Å². The molecule has 184 valence electrons. The number of nitriles is 1. The zero-order valence-electron chi connectivity index (χ0n) is 19.5. The van der Waals surface area contributed by atoms with E-state index in [1.54, 1.807) is 12.1 Å². The Morgan fingerprint density at radius 1 is 1.03 bits per heavy atom. The van der Waals surface area contributed by atoms with Gasteiger partial charge in [-0.15, -0.1) is 0 Å². The molecule has 0 bridgehead atoms. The minimum atomic E-state index is -4.43. The molecule has 2 aromatic carbocycles. The SMILES string of the molecule is N#Cc1ccccc1N1CCN2c3ccc(C(F)(F)F)cc3CC(C(=O)NC3CCCCC3)C2C1. The predicted molar refractivity (Wildman–Crippen MR) is 128 cm³/mol. The lowest BCUT2D eigenvalue weighted by Gasteiger charge is -2.50. The van der Waals surface area contributed by atoms with E-state index in [1.807, 2.05) is 18.2 Å². The molecule has 1 N–H and O–H groups in total. The summed E-state index contributed by atoms with van der Waals surface area (Å²) in [5.41, 5.74) is 2.08. The predicted octanol–water partition coefficient (Wildman–Crippen LogP) is 4.89. The van der Waals surface area contributed by atoms with Crippen molar-refractivity contribution in [1.29, 1.82) is 5.26 Å². The van der Waals surface area contributed by atoms with Crippen molar-refractivity contribution in [3.05, 3.63) is 59.2 Å². The smallest absolute Gasteiger partial charge is 0.367 e. The largest absolute Gasteiger partial charge is 0.416 e. The Balaban J connectivity index is 1.47. The van der Waals surface area contributed by atoms with Gasteiger partial charge in [0.2, 0.25) is 5.91 Å².